The predicted octanol–water partition coefficient (Wildman–Crippen LogP) is 1.32. The molecule has 1 aliphatic heterocycles. The van der Waals surface area contributed by atoms with Gasteiger partial charge in [-0.25, -0.2) is 0 Å². The van der Waals surface area contributed by atoms with E-state index in [2.05, 4.69) is 5.32 Å². The molecule has 2 aliphatic rings. The van der Waals surface area contributed by atoms with Crippen molar-refractivity contribution in [1.29, 1.82) is 0 Å². The van der Waals surface area contributed by atoms with Crippen molar-refractivity contribution in [2.45, 2.75) is 45.2 Å². The first-order chi connectivity index (χ1) is 9.95. The Morgan fingerprint density at radius 2 is 1.76 bits per heavy atom. The van der Waals surface area contributed by atoms with Crippen LogP contribution < -0.4 is 5.32 Å². The minimum absolute atomic E-state index is 0.0753. The second kappa shape index (κ2) is 4.98. The minimum atomic E-state index is -0.654. The number of carbonyl (C=O) groups excluding carboxylic acids is 3. The standard InChI is InChI=1S/C16H18N2O3/c1-9-5-10(2)7-11(6-9)16(21)18(12-3-4-12)13-8-14(19)17-15(13)20/h5-7,12-13H,3-4,8H2,1-2H3,(H,17,19,20)/t13-/m1/s1. The first-order valence-corrected chi connectivity index (χ1v) is 7.20. The van der Waals surface area contributed by atoms with Crippen LogP contribution in [0.1, 0.15) is 40.7 Å². The monoisotopic (exact) mass is 286 g/mol. The van der Waals surface area contributed by atoms with Gasteiger partial charge in [0.15, 0.2) is 0 Å². The summed E-state index contributed by atoms with van der Waals surface area (Å²) >= 11 is 0. The van der Waals surface area contributed by atoms with Crippen LogP contribution in [-0.2, 0) is 9.59 Å². The maximum absolute atomic E-state index is 12.8. The molecule has 1 heterocycles. The fourth-order valence-electron chi connectivity index (χ4n) is 2.93. The highest BCUT2D eigenvalue weighted by Crippen LogP contribution is 2.32. The molecule has 21 heavy (non-hydrogen) atoms. The summed E-state index contributed by atoms with van der Waals surface area (Å²) in [5.74, 6) is -0.812. The third-order valence-electron chi connectivity index (χ3n) is 3.92. The second-order valence-corrected chi connectivity index (χ2v) is 5.95. The molecule has 0 unspecified atom stereocenters. The quantitative estimate of drug-likeness (QED) is 0.852. The average Bonchev–Trinajstić information content (AvgIpc) is 3.15. The highest BCUT2D eigenvalue weighted by molar-refractivity contribution is 6.08. The molecule has 1 saturated heterocycles. The van der Waals surface area contributed by atoms with E-state index in [4.69, 9.17) is 0 Å². The summed E-state index contributed by atoms with van der Waals surface area (Å²) in [6.07, 6.45) is 1.87. The Kier molecular flexibility index (Phi) is 3.27. The maximum atomic E-state index is 12.8. The summed E-state index contributed by atoms with van der Waals surface area (Å²) in [6, 6.07) is 5.10. The maximum Gasteiger partial charge on any atom is 0.254 e. The predicted molar refractivity (Wildman–Crippen MR) is 76.7 cm³/mol. The third kappa shape index (κ3) is 2.68. The van der Waals surface area contributed by atoms with Crippen molar-refractivity contribution in [3.8, 4) is 0 Å². The molecular formula is C16H18N2O3. The summed E-state index contributed by atoms with van der Waals surface area (Å²) in [5.41, 5.74) is 2.62. The van der Waals surface area contributed by atoms with Gasteiger partial charge in [-0.3, -0.25) is 19.7 Å². The van der Waals surface area contributed by atoms with E-state index in [1.165, 1.54) is 0 Å². The molecule has 0 spiro atoms. The first-order valence-electron chi connectivity index (χ1n) is 7.20. The van der Waals surface area contributed by atoms with Crippen LogP contribution in [0.25, 0.3) is 0 Å². The Bertz CT molecular complexity index is 614. The normalized spacial score (nSPS) is 21.3. The SMILES string of the molecule is Cc1cc(C)cc(C(=O)N(C2CC2)[C@@H]2CC(=O)NC2=O)c1. The van der Waals surface area contributed by atoms with Gasteiger partial charge in [-0.2, -0.15) is 0 Å². The molecule has 1 aliphatic carbocycles. The molecule has 110 valence electrons. The fraction of sp³-hybridized carbons (Fsp3) is 0.438. The van der Waals surface area contributed by atoms with Crippen molar-refractivity contribution in [1.82, 2.24) is 10.2 Å². The van der Waals surface area contributed by atoms with Crippen molar-refractivity contribution < 1.29 is 14.4 Å². The van der Waals surface area contributed by atoms with Crippen LogP contribution in [0.5, 0.6) is 0 Å². The highest BCUT2D eigenvalue weighted by Gasteiger charge is 2.44. The van der Waals surface area contributed by atoms with Gasteiger partial charge >= 0.3 is 0 Å². The van der Waals surface area contributed by atoms with Crippen molar-refractivity contribution in [2.24, 2.45) is 0 Å². The van der Waals surface area contributed by atoms with E-state index in [0.717, 1.165) is 24.0 Å². The number of benzene rings is 1. The molecule has 5 nitrogen and oxygen atoms in total. The Morgan fingerprint density at radius 1 is 1.14 bits per heavy atom. The van der Waals surface area contributed by atoms with E-state index in [-0.39, 0.29) is 30.2 Å². The van der Waals surface area contributed by atoms with Crippen molar-refractivity contribution in [2.75, 3.05) is 0 Å². The van der Waals surface area contributed by atoms with E-state index in [1.807, 2.05) is 32.0 Å². The summed E-state index contributed by atoms with van der Waals surface area (Å²) in [7, 11) is 0. The minimum Gasteiger partial charge on any atom is -0.323 e. The topological polar surface area (TPSA) is 66.5 Å². The molecule has 0 aromatic heterocycles. The zero-order valence-corrected chi connectivity index (χ0v) is 12.2. The molecule has 2 fully saturated rings. The number of imide groups is 1. The molecule has 0 bridgehead atoms. The van der Waals surface area contributed by atoms with Crippen LogP contribution in [0.4, 0.5) is 0 Å². The molecule has 3 amide bonds. The zero-order valence-electron chi connectivity index (χ0n) is 12.2. The van der Waals surface area contributed by atoms with E-state index in [0.29, 0.717) is 5.56 Å². The Balaban J connectivity index is 1.92. The average molecular weight is 286 g/mol. The van der Waals surface area contributed by atoms with E-state index in [1.54, 1.807) is 4.90 Å². The third-order valence-corrected chi connectivity index (χ3v) is 3.92. The van der Waals surface area contributed by atoms with E-state index in [9.17, 15) is 14.4 Å². The highest BCUT2D eigenvalue weighted by atomic mass is 16.2. The van der Waals surface area contributed by atoms with E-state index >= 15 is 0 Å². The number of amides is 3. The zero-order chi connectivity index (χ0) is 15.1. The molecule has 1 atom stereocenters. The van der Waals surface area contributed by atoms with Crippen LogP contribution in [0.3, 0.4) is 0 Å². The van der Waals surface area contributed by atoms with Gasteiger partial charge in [0.1, 0.15) is 6.04 Å². The first kappa shape index (κ1) is 13.8. The van der Waals surface area contributed by atoms with Crippen molar-refractivity contribution in [3.05, 3.63) is 34.9 Å². The molecule has 0 radical (unpaired) electrons. The Morgan fingerprint density at radius 3 is 2.24 bits per heavy atom. The number of hydrogen-bond acceptors (Lipinski definition) is 3. The molecule has 3 rings (SSSR count). The van der Waals surface area contributed by atoms with Crippen LogP contribution in [0, 0.1) is 13.8 Å². The molecule has 1 saturated carbocycles. The molecule has 1 aromatic rings. The lowest BCUT2D eigenvalue weighted by Crippen LogP contribution is -2.46. The number of hydrogen-bond donors (Lipinski definition) is 1. The van der Waals surface area contributed by atoms with Gasteiger partial charge < -0.3 is 4.90 Å². The number of nitrogens with one attached hydrogen (secondary N) is 1. The van der Waals surface area contributed by atoms with E-state index < -0.39 is 6.04 Å². The molecule has 1 aromatic carbocycles. The lowest BCUT2D eigenvalue weighted by molar-refractivity contribution is -0.126. The summed E-state index contributed by atoms with van der Waals surface area (Å²) in [6.45, 7) is 3.88. The Labute approximate surface area is 123 Å². The summed E-state index contributed by atoms with van der Waals surface area (Å²) < 4.78 is 0. The molecular weight excluding hydrogens is 268 g/mol. The van der Waals surface area contributed by atoms with Gasteiger partial charge in [-0.1, -0.05) is 17.2 Å². The lowest BCUT2D eigenvalue weighted by Gasteiger charge is -2.27. The van der Waals surface area contributed by atoms with Gasteiger partial charge in [0.2, 0.25) is 11.8 Å². The summed E-state index contributed by atoms with van der Waals surface area (Å²) in [4.78, 5) is 37.7. The number of rotatable bonds is 3. The Hall–Kier alpha value is -2.17. The van der Waals surface area contributed by atoms with Crippen LogP contribution in [0.15, 0.2) is 18.2 Å². The number of aryl methyl sites for hydroxylation is 2. The largest absolute Gasteiger partial charge is 0.323 e. The fourth-order valence-corrected chi connectivity index (χ4v) is 2.93. The number of nitrogens with zero attached hydrogens (tertiary/aromatic N) is 1. The smallest absolute Gasteiger partial charge is 0.254 e. The van der Waals surface area contributed by atoms with Gasteiger partial charge in [-0.05, 0) is 38.8 Å². The van der Waals surface area contributed by atoms with Crippen LogP contribution in [0.2, 0.25) is 0 Å². The molecule has 1 N–H and O–H groups in total. The van der Waals surface area contributed by atoms with Gasteiger partial charge in [0, 0.05) is 11.6 Å². The number of carbonyl (C=O) groups is 3. The van der Waals surface area contributed by atoms with Gasteiger partial charge in [0.25, 0.3) is 5.91 Å². The van der Waals surface area contributed by atoms with Crippen LogP contribution >= 0.6 is 0 Å². The van der Waals surface area contributed by atoms with Gasteiger partial charge in [-0.15, -0.1) is 0 Å². The summed E-state index contributed by atoms with van der Waals surface area (Å²) in [5, 5.41) is 2.29. The van der Waals surface area contributed by atoms with Crippen molar-refractivity contribution in [3.63, 3.8) is 0 Å². The van der Waals surface area contributed by atoms with Gasteiger partial charge in [0.05, 0.1) is 6.42 Å². The van der Waals surface area contributed by atoms with Crippen LogP contribution in [-0.4, -0.2) is 34.7 Å². The second-order valence-electron chi connectivity index (χ2n) is 5.95. The molecule has 5 heteroatoms. The van der Waals surface area contributed by atoms with Crippen molar-refractivity contribution >= 4 is 17.7 Å². The lowest BCUT2D eigenvalue weighted by atomic mass is 10.0.